The van der Waals surface area contributed by atoms with E-state index in [1.165, 1.54) is 0 Å². The van der Waals surface area contributed by atoms with E-state index in [9.17, 15) is 15.2 Å². The number of nitriles is 1. The van der Waals surface area contributed by atoms with E-state index in [1.54, 1.807) is 6.07 Å². The molecule has 34 heavy (non-hydrogen) atoms. The third kappa shape index (κ3) is 4.01. The number of hydrogen-bond donors (Lipinski definition) is 3. The Hall–Kier alpha value is -2.10. The predicted molar refractivity (Wildman–Crippen MR) is 135 cm³/mol. The van der Waals surface area contributed by atoms with Crippen molar-refractivity contribution < 1.29 is 9.90 Å². The molecule has 2 aromatic carbocycles. The normalized spacial score (nSPS) is 30.2. The molecule has 2 aromatic rings. The van der Waals surface area contributed by atoms with Crippen molar-refractivity contribution >= 4 is 29.1 Å². The Bertz CT molecular complexity index is 1110. The van der Waals surface area contributed by atoms with Crippen LogP contribution in [0.3, 0.4) is 0 Å². The molecular weight excluding hydrogens is 469 g/mol. The summed E-state index contributed by atoms with van der Waals surface area (Å²) >= 11 is 12.6. The van der Waals surface area contributed by atoms with Crippen molar-refractivity contribution in [3.63, 3.8) is 0 Å². The van der Waals surface area contributed by atoms with E-state index in [0.717, 1.165) is 17.5 Å². The molecule has 1 saturated heterocycles. The quantitative estimate of drug-likeness (QED) is 0.497. The summed E-state index contributed by atoms with van der Waals surface area (Å²) in [5.74, 6) is -0.463. The average molecular weight is 500 g/mol. The lowest BCUT2D eigenvalue weighted by molar-refractivity contribution is -0.123. The highest BCUT2D eigenvalue weighted by atomic mass is 35.5. The monoisotopic (exact) mass is 499 g/mol. The van der Waals surface area contributed by atoms with Crippen LogP contribution >= 0.6 is 23.2 Å². The average Bonchev–Trinajstić information content (AvgIpc) is 3.45. The fourth-order valence-electron chi connectivity index (χ4n) is 6.05. The van der Waals surface area contributed by atoms with Gasteiger partial charge in [0.1, 0.15) is 5.41 Å². The minimum absolute atomic E-state index is 0.000952. The molecule has 1 saturated carbocycles. The third-order valence-corrected chi connectivity index (χ3v) is 8.01. The zero-order valence-electron chi connectivity index (χ0n) is 19.7. The van der Waals surface area contributed by atoms with Crippen molar-refractivity contribution in [3.05, 3.63) is 69.7 Å². The van der Waals surface area contributed by atoms with Gasteiger partial charge in [0.15, 0.2) is 0 Å². The number of aliphatic hydroxyl groups excluding tert-OH is 1. The van der Waals surface area contributed by atoms with Crippen LogP contribution in [0.2, 0.25) is 10.0 Å². The Labute approximate surface area is 211 Å². The zero-order valence-corrected chi connectivity index (χ0v) is 21.2. The molecule has 0 aromatic heterocycles. The van der Waals surface area contributed by atoms with Gasteiger partial charge in [0.2, 0.25) is 5.91 Å². The molecule has 180 valence electrons. The number of rotatable bonds is 6. The number of aliphatic hydroxyl groups is 1. The van der Waals surface area contributed by atoms with E-state index in [4.69, 9.17) is 23.2 Å². The van der Waals surface area contributed by atoms with Gasteiger partial charge >= 0.3 is 0 Å². The smallest absolute Gasteiger partial charge is 0.237 e. The highest BCUT2D eigenvalue weighted by molar-refractivity contribution is 6.30. The van der Waals surface area contributed by atoms with Crippen molar-refractivity contribution in [2.24, 2.45) is 11.3 Å². The van der Waals surface area contributed by atoms with Crippen molar-refractivity contribution in [2.45, 2.75) is 56.5 Å². The van der Waals surface area contributed by atoms with Gasteiger partial charge in [0.05, 0.1) is 12.1 Å². The van der Waals surface area contributed by atoms with E-state index < -0.39 is 22.9 Å². The maximum absolute atomic E-state index is 13.5. The fourth-order valence-corrected chi connectivity index (χ4v) is 6.37. The summed E-state index contributed by atoms with van der Waals surface area (Å²) in [6.07, 6.45) is 1.25. The molecule has 5 atom stereocenters. The summed E-state index contributed by atoms with van der Waals surface area (Å²) in [5.41, 5.74) is 0.0197. The molecule has 0 radical (unpaired) electrons. The second kappa shape index (κ2) is 9.17. The summed E-state index contributed by atoms with van der Waals surface area (Å²) in [4.78, 5) is 13.5. The Morgan fingerprint density at radius 3 is 2.47 bits per heavy atom. The van der Waals surface area contributed by atoms with Gasteiger partial charge in [0, 0.05) is 34.7 Å². The molecule has 1 spiro atoms. The number of carbonyl (C=O) groups excluding carboxylic acids is 1. The molecule has 2 fully saturated rings. The lowest BCUT2D eigenvalue weighted by atomic mass is 9.62. The summed E-state index contributed by atoms with van der Waals surface area (Å²) in [5, 5.41) is 28.0. The van der Waals surface area contributed by atoms with Crippen LogP contribution in [0.1, 0.15) is 50.7 Å². The summed E-state index contributed by atoms with van der Waals surface area (Å²) in [6, 6.07) is 17.0. The first kappa shape index (κ1) is 25.0. The molecule has 1 heterocycles. The number of benzene rings is 2. The number of amides is 1. The highest BCUT2D eigenvalue weighted by Crippen LogP contribution is 2.70. The van der Waals surface area contributed by atoms with Crippen LogP contribution in [0, 0.1) is 22.7 Å². The number of hydrogen-bond acceptors (Lipinski definition) is 4. The van der Waals surface area contributed by atoms with E-state index >= 15 is 0 Å². The van der Waals surface area contributed by atoms with Crippen LogP contribution in [-0.2, 0) is 10.2 Å². The Balaban J connectivity index is 1.93. The molecule has 1 aliphatic heterocycles. The lowest BCUT2D eigenvalue weighted by Crippen LogP contribution is -2.48. The fraction of sp³-hybridized carbons (Fsp3) is 0.481. The largest absolute Gasteiger partial charge is 0.396 e. The molecule has 2 unspecified atom stereocenters. The van der Waals surface area contributed by atoms with Crippen LogP contribution in [0.5, 0.6) is 0 Å². The van der Waals surface area contributed by atoms with Gasteiger partial charge in [-0.05, 0) is 59.6 Å². The van der Waals surface area contributed by atoms with E-state index in [0.29, 0.717) is 23.0 Å². The Morgan fingerprint density at radius 2 is 1.91 bits per heavy atom. The van der Waals surface area contributed by atoms with Crippen LogP contribution in [0.4, 0.5) is 0 Å². The molecule has 1 aliphatic carbocycles. The van der Waals surface area contributed by atoms with Gasteiger partial charge in [-0.15, -0.1) is 0 Å². The predicted octanol–water partition coefficient (Wildman–Crippen LogP) is 4.81. The van der Waals surface area contributed by atoms with Gasteiger partial charge < -0.3 is 10.4 Å². The molecular formula is C27H31Cl2N3O2. The lowest BCUT2D eigenvalue weighted by Gasteiger charge is -2.37. The van der Waals surface area contributed by atoms with Crippen LogP contribution in [0.25, 0.3) is 0 Å². The molecule has 3 N–H and O–H groups in total. The molecule has 2 aliphatic rings. The molecule has 0 bridgehead atoms. The molecule has 5 nitrogen and oxygen atoms in total. The number of nitrogens with zero attached hydrogens (tertiary/aromatic N) is 1. The van der Waals surface area contributed by atoms with E-state index in [1.807, 2.05) is 42.5 Å². The first-order valence-corrected chi connectivity index (χ1v) is 12.5. The van der Waals surface area contributed by atoms with E-state index in [2.05, 4.69) is 37.5 Å². The van der Waals surface area contributed by atoms with Crippen LogP contribution < -0.4 is 10.6 Å². The molecule has 7 heteroatoms. The van der Waals surface area contributed by atoms with Crippen molar-refractivity contribution in [2.75, 3.05) is 13.2 Å². The van der Waals surface area contributed by atoms with Gasteiger partial charge in [0.25, 0.3) is 0 Å². The minimum Gasteiger partial charge on any atom is -0.396 e. The third-order valence-electron chi connectivity index (χ3n) is 7.52. The van der Waals surface area contributed by atoms with Gasteiger partial charge in [-0.3, -0.25) is 10.1 Å². The van der Waals surface area contributed by atoms with Crippen molar-refractivity contribution in [1.29, 1.82) is 5.26 Å². The van der Waals surface area contributed by atoms with E-state index in [-0.39, 0.29) is 23.8 Å². The summed E-state index contributed by atoms with van der Waals surface area (Å²) < 4.78 is 0. The second-order valence-corrected chi connectivity index (χ2v) is 11.4. The summed E-state index contributed by atoms with van der Waals surface area (Å²) in [7, 11) is 0. The highest BCUT2D eigenvalue weighted by Gasteiger charge is 2.78. The first-order chi connectivity index (χ1) is 16.1. The van der Waals surface area contributed by atoms with Gasteiger partial charge in [-0.25, -0.2) is 0 Å². The summed E-state index contributed by atoms with van der Waals surface area (Å²) in [6.45, 7) is 6.91. The standard InChI is InChI=1S/C27H31Cl2N3O2/c1-25(2,3)21-15-27(21)26(16-30,18-8-10-19(28)11-9-18)22(17-6-4-7-20(29)14-17)23(32-27)24(34)31-12-5-13-33/h4,6-11,14,21-23,32-33H,5,12-13,15H2,1-3H3,(H,31,34)/t21?,22-,23+,26+,27?/m0/s1. The minimum atomic E-state index is -1.01. The van der Waals surface area contributed by atoms with Gasteiger partial charge in [-0.2, -0.15) is 5.26 Å². The molecule has 1 amide bonds. The van der Waals surface area contributed by atoms with Crippen molar-refractivity contribution in [3.8, 4) is 6.07 Å². The maximum atomic E-state index is 13.5. The SMILES string of the molecule is CC(C)(C)C1CC12N[C@@H](C(=O)NCCCO)[C@H](c1cccc(Cl)c1)[C@@]2(C#N)c1ccc(Cl)cc1. The van der Waals surface area contributed by atoms with Crippen molar-refractivity contribution in [1.82, 2.24) is 10.6 Å². The Morgan fingerprint density at radius 1 is 1.21 bits per heavy atom. The van der Waals surface area contributed by atoms with Crippen LogP contribution in [-0.4, -0.2) is 35.7 Å². The maximum Gasteiger partial charge on any atom is 0.237 e. The zero-order chi connectivity index (χ0) is 24.7. The topological polar surface area (TPSA) is 85.2 Å². The second-order valence-electron chi connectivity index (χ2n) is 10.5. The number of halogens is 2. The van der Waals surface area contributed by atoms with Gasteiger partial charge in [-0.1, -0.05) is 68.2 Å². The number of nitrogens with one attached hydrogen (secondary N) is 2. The Kier molecular flexibility index (Phi) is 6.74. The first-order valence-electron chi connectivity index (χ1n) is 11.7. The molecule has 4 rings (SSSR count). The van der Waals surface area contributed by atoms with Crippen LogP contribution in [0.15, 0.2) is 48.5 Å². The number of carbonyl (C=O) groups is 1.